The minimum atomic E-state index is -0.681. The smallest absolute Gasteiger partial charge is 0.415 e. The molecule has 2 N–H and O–H groups in total. The van der Waals surface area contributed by atoms with Crippen molar-refractivity contribution in [1.29, 1.82) is 0 Å². The molecule has 124 valence electrons. The number of hydrogen-bond acceptors (Lipinski definition) is 5. The average Bonchev–Trinajstić information content (AvgIpc) is 2.84. The van der Waals surface area contributed by atoms with E-state index in [1.54, 1.807) is 0 Å². The second-order valence-electron chi connectivity index (χ2n) is 5.93. The maximum absolute atomic E-state index is 11.5. The molecular formula is C15H24N2O5. The molecule has 1 unspecified atom stereocenters. The number of ether oxygens (including phenoxy) is 2. The third-order valence-electron chi connectivity index (χ3n) is 4.13. The maximum atomic E-state index is 11.5. The number of carbonyl (C=O) groups is 3. The van der Waals surface area contributed by atoms with Crippen molar-refractivity contribution >= 4 is 18.2 Å². The van der Waals surface area contributed by atoms with Gasteiger partial charge in [0.25, 0.3) is 0 Å². The molecule has 1 aliphatic carbocycles. The lowest BCUT2D eigenvalue weighted by Crippen LogP contribution is -2.30. The van der Waals surface area contributed by atoms with Crippen LogP contribution in [-0.2, 0) is 14.3 Å². The molecule has 2 amide bonds. The van der Waals surface area contributed by atoms with E-state index in [1.807, 2.05) is 0 Å². The highest BCUT2D eigenvalue weighted by Gasteiger charge is 2.31. The van der Waals surface area contributed by atoms with Crippen LogP contribution in [0.15, 0.2) is 0 Å². The third kappa shape index (κ3) is 5.54. The molecule has 2 fully saturated rings. The third-order valence-corrected chi connectivity index (χ3v) is 4.13. The Hall–Kier alpha value is -1.79. The Labute approximate surface area is 130 Å². The van der Waals surface area contributed by atoms with E-state index in [-0.39, 0.29) is 6.09 Å². The van der Waals surface area contributed by atoms with Crippen LogP contribution >= 0.6 is 0 Å². The highest BCUT2D eigenvalue weighted by molar-refractivity contribution is 5.95. The Morgan fingerprint density at radius 3 is 2.68 bits per heavy atom. The SMILES string of the molecule is O=C(NCCCCC1NC(=O)OC1=O)OCC1CCCCC1. The summed E-state index contributed by atoms with van der Waals surface area (Å²) in [6.07, 6.45) is 6.94. The Morgan fingerprint density at radius 2 is 2.00 bits per heavy atom. The molecule has 1 atom stereocenters. The Balaban J connectivity index is 1.46. The molecule has 2 aliphatic rings. The first-order valence-electron chi connectivity index (χ1n) is 8.08. The lowest BCUT2D eigenvalue weighted by Gasteiger charge is -2.21. The Kier molecular flexibility index (Phi) is 6.48. The van der Waals surface area contributed by atoms with Crippen LogP contribution in [0.1, 0.15) is 51.4 Å². The van der Waals surface area contributed by atoms with Gasteiger partial charge in [0.05, 0.1) is 6.61 Å². The molecule has 2 rings (SSSR count). The summed E-state index contributed by atoms with van der Waals surface area (Å²) in [5.41, 5.74) is 0. The molecule has 1 aliphatic heterocycles. The van der Waals surface area contributed by atoms with Crippen molar-refractivity contribution in [3.8, 4) is 0 Å². The lowest BCUT2D eigenvalue weighted by atomic mass is 9.90. The van der Waals surface area contributed by atoms with Gasteiger partial charge in [0.2, 0.25) is 0 Å². The van der Waals surface area contributed by atoms with Gasteiger partial charge in [0.15, 0.2) is 0 Å². The summed E-state index contributed by atoms with van der Waals surface area (Å²) in [6, 6.07) is -0.550. The van der Waals surface area contributed by atoms with Gasteiger partial charge in [-0.15, -0.1) is 0 Å². The summed E-state index contributed by atoms with van der Waals surface area (Å²) in [6.45, 7) is 1.00. The van der Waals surface area contributed by atoms with Gasteiger partial charge < -0.3 is 20.1 Å². The van der Waals surface area contributed by atoms with Crippen molar-refractivity contribution in [1.82, 2.24) is 10.6 Å². The van der Waals surface area contributed by atoms with Crippen LogP contribution in [0.4, 0.5) is 9.59 Å². The van der Waals surface area contributed by atoms with Gasteiger partial charge in [0, 0.05) is 6.54 Å². The van der Waals surface area contributed by atoms with Crippen LogP contribution < -0.4 is 10.6 Å². The van der Waals surface area contributed by atoms with Gasteiger partial charge in [-0.2, -0.15) is 0 Å². The molecule has 22 heavy (non-hydrogen) atoms. The molecule has 1 heterocycles. The normalized spacial score (nSPS) is 22.1. The number of rotatable bonds is 7. The first kappa shape index (κ1) is 16.6. The van der Waals surface area contributed by atoms with E-state index in [4.69, 9.17) is 4.74 Å². The second kappa shape index (κ2) is 8.60. The van der Waals surface area contributed by atoms with E-state index >= 15 is 0 Å². The van der Waals surface area contributed by atoms with Gasteiger partial charge >= 0.3 is 18.2 Å². The van der Waals surface area contributed by atoms with Gasteiger partial charge in [0.1, 0.15) is 6.04 Å². The number of hydrogen-bond donors (Lipinski definition) is 2. The van der Waals surface area contributed by atoms with Crippen LogP contribution in [0.2, 0.25) is 0 Å². The molecule has 0 aromatic heterocycles. The topological polar surface area (TPSA) is 93.7 Å². The van der Waals surface area contributed by atoms with Crippen molar-refractivity contribution in [2.24, 2.45) is 5.92 Å². The monoisotopic (exact) mass is 312 g/mol. The predicted molar refractivity (Wildman–Crippen MR) is 78.2 cm³/mol. The van der Waals surface area contributed by atoms with Gasteiger partial charge in [-0.3, -0.25) is 0 Å². The van der Waals surface area contributed by atoms with Crippen LogP contribution in [-0.4, -0.2) is 37.3 Å². The fraction of sp³-hybridized carbons (Fsp3) is 0.800. The molecule has 0 spiro atoms. The summed E-state index contributed by atoms with van der Waals surface area (Å²) >= 11 is 0. The first-order chi connectivity index (χ1) is 10.6. The zero-order valence-corrected chi connectivity index (χ0v) is 12.8. The zero-order chi connectivity index (χ0) is 15.8. The van der Waals surface area contributed by atoms with E-state index in [0.717, 1.165) is 19.3 Å². The molecular weight excluding hydrogens is 288 g/mol. The summed E-state index contributed by atoms with van der Waals surface area (Å²) in [5.74, 6) is -0.0126. The van der Waals surface area contributed by atoms with Gasteiger partial charge in [-0.1, -0.05) is 19.3 Å². The molecule has 7 nitrogen and oxygen atoms in total. The van der Waals surface area contributed by atoms with Crippen LogP contribution in [0.25, 0.3) is 0 Å². The number of amides is 2. The molecule has 1 saturated heterocycles. The summed E-state index contributed by atoms with van der Waals surface area (Å²) in [7, 11) is 0. The molecule has 0 radical (unpaired) electrons. The molecule has 0 aromatic carbocycles. The standard InChI is InChI=1S/C15H24N2O5/c18-13-12(17-15(20)22-13)8-4-5-9-16-14(19)21-10-11-6-2-1-3-7-11/h11-12H,1-10H2,(H,16,19)(H,17,20). The number of unbranched alkanes of at least 4 members (excludes halogenated alkanes) is 1. The Bertz CT molecular complexity index is 407. The predicted octanol–water partition coefficient (Wildman–Crippen LogP) is 2.10. The lowest BCUT2D eigenvalue weighted by molar-refractivity contribution is -0.135. The van der Waals surface area contributed by atoms with E-state index < -0.39 is 18.1 Å². The molecule has 7 heteroatoms. The quantitative estimate of drug-likeness (QED) is 0.426. The highest BCUT2D eigenvalue weighted by Crippen LogP contribution is 2.23. The van der Waals surface area contributed by atoms with Crippen molar-refractivity contribution in [2.45, 2.75) is 57.4 Å². The fourth-order valence-corrected chi connectivity index (χ4v) is 2.85. The number of alkyl carbamates (subject to hydrolysis) is 2. The second-order valence-corrected chi connectivity index (χ2v) is 5.93. The number of esters is 1. The van der Waals surface area contributed by atoms with E-state index in [9.17, 15) is 14.4 Å². The number of nitrogens with one attached hydrogen (secondary N) is 2. The van der Waals surface area contributed by atoms with Gasteiger partial charge in [-0.25, -0.2) is 14.4 Å². The molecule has 0 bridgehead atoms. The number of cyclic esters (lactones) is 2. The van der Waals surface area contributed by atoms with Crippen molar-refractivity contribution in [3.63, 3.8) is 0 Å². The van der Waals surface area contributed by atoms with Crippen molar-refractivity contribution in [3.05, 3.63) is 0 Å². The largest absolute Gasteiger partial charge is 0.449 e. The van der Waals surface area contributed by atoms with Crippen molar-refractivity contribution < 1.29 is 23.9 Å². The van der Waals surface area contributed by atoms with E-state index in [2.05, 4.69) is 15.4 Å². The number of carbonyl (C=O) groups excluding carboxylic acids is 3. The molecule has 1 saturated carbocycles. The summed E-state index contributed by atoms with van der Waals surface area (Å²) in [5, 5.41) is 5.14. The van der Waals surface area contributed by atoms with Crippen molar-refractivity contribution in [2.75, 3.05) is 13.2 Å². The minimum absolute atomic E-state index is 0.376. The van der Waals surface area contributed by atoms with E-state index in [1.165, 1.54) is 19.3 Å². The van der Waals surface area contributed by atoms with Gasteiger partial charge in [-0.05, 0) is 38.0 Å². The van der Waals surface area contributed by atoms with Crippen LogP contribution in [0.5, 0.6) is 0 Å². The van der Waals surface area contributed by atoms with Crippen LogP contribution in [0, 0.1) is 5.92 Å². The molecule has 0 aromatic rings. The zero-order valence-electron chi connectivity index (χ0n) is 12.8. The highest BCUT2D eigenvalue weighted by atomic mass is 16.6. The fourth-order valence-electron chi connectivity index (χ4n) is 2.85. The first-order valence-corrected chi connectivity index (χ1v) is 8.08. The summed E-state index contributed by atoms with van der Waals surface area (Å²) in [4.78, 5) is 33.5. The maximum Gasteiger partial charge on any atom is 0.415 e. The minimum Gasteiger partial charge on any atom is -0.449 e. The van der Waals surface area contributed by atoms with E-state index in [0.29, 0.717) is 31.9 Å². The average molecular weight is 312 g/mol. The Morgan fingerprint density at radius 1 is 1.23 bits per heavy atom. The van der Waals surface area contributed by atoms with Crippen LogP contribution in [0.3, 0.4) is 0 Å². The summed E-state index contributed by atoms with van der Waals surface area (Å²) < 4.78 is 9.59.